The van der Waals surface area contributed by atoms with Crippen molar-refractivity contribution in [3.8, 4) is 0 Å². The fraction of sp³-hybridized carbons (Fsp3) is 0.882. The van der Waals surface area contributed by atoms with Crippen molar-refractivity contribution >= 4 is 0 Å². The number of hydrogen-bond donors (Lipinski definition) is 9. The normalized spacial score (nSPS) is 28.1. The second-order valence-corrected chi connectivity index (χ2v) is 21.8. The van der Waals surface area contributed by atoms with Crippen molar-refractivity contribution in [2.24, 2.45) is 0 Å². The molecule has 12 nitrogen and oxygen atoms in total. The van der Waals surface area contributed by atoms with Crippen LogP contribution in [0.25, 0.3) is 0 Å². The van der Waals surface area contributed by atoms with Gasteiger partial charge in [0, 0.05) is 0 Å². The highest BCUT2D eigenvalue weighted by molar-refractivity contribution is 5.06. The first-order valence-corrected chi connectivity index (χ1v) is 24.3. The number of aliphatic hydroxyl groups excluding tert-OH is 4. The van der Waals surface area contributed by atoms with E-state index >= 15 is 0 Å². The number of aliphatic hydroxyl groups is 9. The molecular weight excluding hydrogens is 805 g/mol. The first-order valence-electron chi connectivity index (χ1n) is 24.3. The molecule has 0 aromatic heterocycles. The summed E-state index contributed by atoms with van der Waals surface area (Å²) in [5.74, 6) is 0. The van der Waals surface area contributed by atoms with Crippen LogP contribution in [0.15, 0.2) is 34.9 Å². The predicted octanol–water partition coefficient (Wildman–Crippen LogP) is 7.77. The lowest BCUT2D eigenvalue weighted by molar-refractivity contribution is -0.298. The van der Waals surface area contributed by atoms with E-state index in [0.29, 0.717) is 77.0 Å². The molecule has 0 saturated carbocycles. The number of epoxide rings is 1. The van der Waals surface area contributed by atoms with Gasteiger partial charge in [-0.05, 0) is 204 Å². The van der Waals surface area contributed by atoms with Crippen molar-refractivity contribution in [2.75, 3.05) is 13.2 Å². The van der Waals surface area contributed by atoms with Crippen molar-refractivity contribution in [3.05, 3.63) is 34.9 Å². The first kappa shape index (κ1) is 57.9. The van der Waals surface area contributed by atoms with E-state index in [9.17, 15) is 46.0 Å². The molecule has 9 N–H and O–H groups in total. The minimum absolute atomic E-state index is 0.0686. The van der Waals surface area contributed by atoms with Crippen LogP contribution in [0, 0.1) is 0 Å². The van der Waals surface area contributed by atoms with Crippen molar-refractivity contribution in [2.45, 2.75) is 274 Å². The molecule has 6 unspecified atom stereocenters. The SMILES string of the molecule is C/C(=C\CC/C(C)=C/CO[C@@H]1O[C@H](CO)[C@@H](O)[C@H](O)[C@H]1O)CC/C=C(\C)CCCC(C)(O)CCCC(C)(O)CCCC(C)(O)CCCC(C)(O)CCCC(C)(O)CCC1OC1(C)C. The van der Waals surface area contributed by atoms with Crippen molar-refractivity contribution in [3.63, 3.8) is 0 Å². The monoisotopic (exact) mass is 899 g/mol. The number of hydrogen-bond acceptors (Lipinski definition) is 12. The molecule has 370 valence electrons. The Balaban J connectivity index is 1.56. The Morgan fingerprint density at radius 2 is 0.905 bits per heavy atom. The maximum absolute atomic E-state index is 11.1. The van der Waals surface area contributed by atoms with E-state index in [-0.39, 0.29) is 18.3 Å². The number of allylic oxidation sites excluding steroid dienone is 5. The second-order valence-electron chi connectivity index (χ2n) is 21.8. The van der Waals surface area contributed by atoms with Gasteiger partial charge < -0.3 is 60.2 Å². The van der Waals surface area contributed by atoms with E-state index in [4.69, 9.17) is 14.2 Å². The van der Waals surface area contributed by atoms with Gasteiger partial charge in [0.15, 0.2) is 6.29 Å². The largest absolute Gasteiger partial charge is 0.394 e. The third-order valence-corrected chi connectivity index (χ3v) is 13.7. The Hall–Kier alpha value is -1.26. The Labute approximate surface area is 381 Å². The summed E-state index contributed by atoms with van der Waals surface area (Å²) in [6.07, 6.45) is 15.6. The van der Waals surface area contributed by atoms with Crippen LogP contribution in [0.3, 0.4) is 0 Å². The minimum Gasteiger partial charge on any atom is -0.394 e. The van der Waals surface area contributed by atoms with Gasteiger partial charge in [-0.2, -0.15) is 0 Å². The van der Waals surface area contributed by atoms with Crippen LogP contribution >= 0.6 is 0 Å². The van der Waals surface area contributed by atoms with E-state index in [1.165, 1.54) is 11.1 Å². The minimum atomic E-state index is -1.45. The van der Waals surface area contributed by atoms with Crippen molar-refractivity contribution in [1.29, 1.82) is 0 Å². The van der Waals surface area contributed by atoms with E-state index in [1.54, 1.807) is 0 Å². The lowest BCUT2D eigenvalue weighted by Crippen LogP contribution is -2.59. The highest BCUT2D eigenvalue weighted by atomic mass is 16.7. The summed E-state index contributed by atoms with van der Waals surface area (Å²) < 4.78 is 16.6. The van der Waals surface area contributed by atoms with E-state index < -0.39 is 65.3 Å². The molecule has 0 radical (unpaired) electrons. The van der Waals surface area contributed by atoms with Gasteiger partial charge in [-0.3, -0.25) is 0 Å². The van der Waals surface area contributed by atoms with Gasteiger partial charge in [0.2, 0.25) is 0 Å². The summed E-state index contributed by atoms with van der Waals surface area (Å²) in [6, 6.07) is 0. The average Bonchev–Trinajstić information content (AvgIpc) is 3.78. The van der Waals surface area contributed by atoms with Crippen molar-refractivity contribution in [1.82, 2.24) is 0 Å². The smallest absolute Gasteiger partial charge is 0.187 e. The van der Waals surface area contributed by atoms with Gasteiger partial charge in [-0.25, -0.2) is 0 Å². The molecule has 2 heterocycles. The van der Waals surface area contributed by atoms with Gasteiger partial charge in [-0.15, -0.1) is 0 Å². The highest BCUT2D eigenvalue weighted by Gasteiger charge is 2.48. The third-order valence-electron chi connectivity index (χ3n) is 13.7. The molecule has 2 fully saturated rings. The number of rotatable bonds is 33. The fourth-order valence-corrected chi connectivity index (χ4v) is 8.84. The average molecular weight is 899 g/mol. The van der Waals surface area contributed by atoms with Crippen LogP contribution in [-0.4, -0.2) is 130 Å². The lowest BCUT2D eigenvalue weighted by atomic mass is 9.84. The standard InChI is InChI=1S/C51H94O12/c1-37(19-12-21-39(3)24-35-61-45-44(55)43(54)42(53)40(36-52)62-45)18-11-20-38(2)22-13-25-47(6,56)26-14-27-48(7,57)28-15-29-49(8,58)30-16-31-50(9,59)32-17-33-51(10,60)34-23-41-46(4,5)63-41/h19-20,24,40-45,52-60H,11-18,21-23,25-36H2,1-10H3/b37-19+,38-20+,39-24+/t40-,41?,42-,43+,44-,45-,47?,48?,49?,50?,51?/m1/s1. The third kappa shape index (κ3) is 24.4. The van der Waals surface area contributed by atoms with Crippen LogP contribution in [0.1, 0.15) is 204 Å². The Morgan fingerprint density at radius 3 is 1.30 bits per heavy atom. The summed E-state index contributed by atoms with van der Waals surface area (Å²) in [5, 5.41) is 94.3. The fourth-order valence-electron chi connectivity index (χ4n) is 8.84. The number of ether oxygens (including phenoxy) is 3. The summed E-state index contributed by atoms with van der Waals surface area (Å²) in [7, 11) is 0. The van der Waals surface area contributed by atoms with Crippen molar-refractivity contribution < 1.29 is 60.2 Å². The van der Waals surface area contributed by atoms with Crippen LogP contribution < -0.4 is 0 Å². The van der Waals surface area contributed by atoms with E-state index in [2.05, 4.69) is 39.8 Å². The molecule has 0 amide bonds. The molecule has 0 aliphatic carbocycles. The van der Waals surface area contributed by atoms with Gasteiger partial charge in [0.1, 0.15) is 24.4 Å². The molecule has 11 atom stereocenters. The molecule has 2 aliphatic heterocycles. The molecule has 0 bridgehead atoms. The van der Waals surface area contributed by atoms with Crippen LogP contribution in [-0.2, 0) is 14.2 Å². The summed E-state index contributed by atoms with van der Waals surface area (Å²) >= 11 is 0. The second kappa shape index (κ2) is 26.3. The van der Waals surface area contributed by atoms with Crippen LogP contribution in [0.2, 0.25) is 0 Å². The zero-order valence-electron chi connectivity index (χ0n) is 41.2. The molecule has 0 aromatic rings. The Bertz CT molecular complexity index is 1390. The molecule has 0 spiro atoms. The predicted molar refractivity (Wildman–Crippen MR) is 250 cm³/mol. The van der Waals surface area contributed by atoms with E-state index in [0.717, 1.165) is 63.4 Å². The maximum atomic E-state index is 11.1. The zero-order chi connectivity index (χ0) is 47.7. The van der Waals surface area contributed by atoms with E-state index in [1.807, 2.05) is 47.6 Å². The molecule has 2 rings (SSSR count). The van der Waals surface area contributed by atoms with Gasteiger partial charge in [0.25, 0.3) is 0 Å². The molecule has 12 heteroatoms. The molecular formula is C51H94O12. The molecule has 63 heavy (non-hydrogen) atoms. The van der Waals surface area contributed by atoms with Crippen LogP contribution in [0.4, 0.5) is 0 Å². The topological polar surface area (TPSA) is 213 Å². The highest BCUT2D eigenvalue weighted by Crippen LogP contribution is 2.40. The lowest BCUT2D eigenvalue weighted by Gasteiger charge is -2.39. The summed E-state index contributed by atoms with van der Waals surface area (Å²) in [6.45, 7) is 19.4. The molecule has 2 aliphatic rings. The Morgan fingerprint density at radius 1 is 0.540 bits per heavy atom. The van der Waals surface area contributed by atoms with Crippen LogP contribution in [0.5, 0.6) is 0 Å². The maximum Gasteiger partial charge on any atom is 0.187 e. The summed E-state index contributed by atoms with van der Waals surface area (Å²) in [5.41, 5.74) is -0.452. The van der Waals surface area contributed by atoms with Gasteiger partial charge >= 0.3 is 0 Å². The first-order chi connectivity index (χ1) is 29.1. The summed E-state index contributed by atoms with van der Waals surface area (Å²) in [4.78, 5) is 0. The molecule has 2 saturated heterocycles. The quantitative estimate of drug-likeness (QED) is 0.0228. The Kier molecular flexibility index (Phi) is 24.2. The molecule has 0 aromatic carbocycles. The zero-order valence-corrected chi connectivity index (χ0v) is 41.2. The van der Waals surface area contributed by atoms with Gasteiger partial charge in [0.05, 0.1) is 52.9 Å². The van der Waals surface area contributed by atoms with Gasteiger partial charge in [-0.1, -0.05) is 34.9 Å².